The van der Waals surface area contributed by atoms with Gasteiger partial charge in [0.05, 0.1) is 21.6 Å². The lowest BCUT2D eigenvalue weighted by atomic mass is 9.82. The Morgan fingerprint density at radius 1 is 0.971 bits per heavy atom. The van der Waals surface area contributed by atoms with E-state index in [0.29, 0.717) is 0 Å². The van der Waals surface area contributed by atoms with Crippen molar-refractivity contribution in [1.82, 2.24) is 9.38 Å². The summed E-state index contributed by atoms with van der Waals surface area (Å²) in [5.74, 6) is 0.374. The van der Waals surface area contributed by atoms with Crippen LogP contribution in [0.25, 0.3) is 27.6 Å². The molecule has 5 nitrogen and oxygen atoms in total. The normalized spacial score (nSPS) is 26.3. The van der Waals surface area contributed by atoms with Crippen LogP contribution in [0.15, 0.2) is 65.1 Å². The van der Waals surface area contributed by atoms with Gasteiger partial charge in [-0.25, -0.2) is 4.98 Å². The molecule has 1 fully saturated rings. The van der Waals surface area contributed by atoms with Crippen LogP contribution >= 0.6 is 12.2 Å². The first-order valence-corrected chi connectivity index (χ1v) is 12.0. The minimum Gasteiger partial charge on any atom is -0.494 e. The Bertz CT molecular complexity index is 1820. The molecule has 3 heterocycles. The highest BCUT2D eigenvalue weighted by Gasteiger charge is 2.77. The molecule has 0 saturated heterocycles. The number of thiocarbonyl (C=S) groups is 1. The molecule has 8 rings (SSSR count). The van der Waals surface area contributed by atoms with Crippen molar-refractivity contribution in [3.63, 3.8) is 0 Å². The molecule has 0 spiro atoms. The smallest absolute Gasteiger partial charge is 0.205 e. The summed E-state index contributed by atoms with van der Waals surface area (Å²) < 4.78 is 1.89. The van der Waals surface area contributed by atoms with Gasteiger partial charge < -0.3 is 5.11 Å². The number of fused-ring (bicyclic) bond motifs is 8. The molecule has 4 aromatic rings. The van der Waals surface area contributed by atoms with E-state index in [1.807, 2.05) is 40.8 Å². The Labute approximate surface area is 200 Å². The second-order valence-electron chi connectivity index (χ2n) is 10.1. The number of allylic oxidation sites excluding steroid dienone is 1. The summed E-state index contributed by atoms with van der Waals surface area (Å²) in [4.78, 5) is 16.5. The summed E-state index contributed by atoms with van der Waals surface area (Å²) in [5, 5.41) is 13.9. The summed E-state index contributed by atoms with van der Waals surface area (Å²) in [5.41, 5.74) is 6.34. The van der Waals surface area contributed by atoms with E-state index < -0.39 is 11.1 Å². The van der Waals surface area contributed by atoms with Gasteiger partial charge in [-0.3, -0.25) is 14.4 Å². The van der Waals surface area contributed by atoms with Crippen LogP contribution in [0.3, 0.4) is 0 Å². The zero-order valence-corrected chi connectivity index (χ0v) is 19.6. The standard InChI is InChI=1S/C28H20N4OS/c1-13(2)19-23-22(29-25-17-10-6-7-11-18(17)26(33)32(23)25)24(34)28-12-27(19,28)31-21-16-9-5-4-8-15(16)14(3)20(21)30-28/h4-11,13,33H,3,12H2,1-2H3. The number of nitrogens with zero attached hydrogens (tertiary/aromatic N) is 4. The molecule has 4 aliphatic rings. The van der Waals surface area contributed by atoms with Crippen molar-refractivity contribution in [2.24, 2.45) is 15.9 Å². The lowest BCUT2D eigenvalue weighted by molar-refractivity contribution is 0.452. The Balaban J connectivity index is 1.53. The van der Waals surface area contributed by atoms with Crippen LogP contribution in [-0.2, 0) is 0 Å². The zero-order chi connectivity index (χ0) is 23.1. The van der Waals surface area contributed by atoms with Gasteiger partial charge in [-0.05, 0) is 23.1 Å². The summed E-state index contributed by atoms with van der Waals surface area (Å²) in [6.45, 7) is 8.72. The van der Waals surface area contributed by atoms with E-state index in [1.54, 1.807) is 0 Å². The molecule has 0 radical (unpaired) electrons. The molecule has 164 valence electrons. The second kappa shape index (κ2) is 5.53. The number of hydrogen-bond donors (Lipinski definition) is 1. The minimum absolute atomic E-state index is 0.169. The van der Waals surface area contributed by atoms with Crippen molar-refractivity contribution >= 4 is 56.1 Å². The lowest BCUT2D eigenvalue weighted by Crippen LogP contribution is -2.47. The Kier molecular flexibility index (Phi) is 3.05. The predicted octanol–water partition coefficient (Wildman–Crippen LogP) is 4.30. The maximum absolute atomic E-state index is 11.3. The molecular formula is C28H20N4OS. The molecule has 2 aromatic carbocycles. The molecule has 3 aliphatic carbocycles. The number of rotatable bonds is 1. The molecule has 0 amide bonds. The highest BCUT2D eigenvalue weighted by Crippen LogP contribution is 2.66. The summed E-state index contributed by atoms with van der Waals surface area (Å²) >= 11 is 6.13. The Morgan fingerprint density at radius 2 is 1.65 bits per heavy atom. The van der Waals surface area contributed by atoms with Crippen molar-refractivity contribution in [2.45, 2.75) is 31.3 Å². The van der Waals surface area contributed by atoms with Crippen molar-refractivity contribution in [1.29, 1.82) is 0 Å². The van der Waals surface area contributed by atoms with Crippen LogP contribution in [0, 0.1) is 5.92 Å². The van der Waals surface area contributed by atoms with Crippen molar-refractivity contribution in [3.8, 4) is 5.88 Å². The monoisotopic (exact) mass is 460 g/mol. The highest BCUT2D eigenvalue weighted by molar-refractivity contribution is 7.81. The first-order valence-electron chi connectivity index (χ1n) is 11.6. The van der Waals surface area contributed by atoms with Crippen LogP contribution in [0.4, 0.5) is 0 Å². The fourth-order valence-electron chi connectivity index (χ4n) is 6.60. The molecule has 0 bridgehead atoms. The topological polar surface area (TPSA) is 62.2 Å². The van der Waals surface area contributed by atoms with Crippen LogP contribution in [-0.4, -0.2) is 41.9 Å². The van der Waals surface area contributed by atoms with E-state index in [9.17, 15) is 5.11 Å². The third-order valence-electron chi connectivity index (χ3n) is 8.06. The first kappa shape index (κ1) is 18.7. The van der Waals surface area contributed by atoms with Gasteiger partial charge >= 0.3 is 0 Å². The minimum atomic E-state index is -0.608. The molecule has 34 heavy (non-hydrogen) atoms. The van der Waals surface area contributed by atoms with Crippen LogP contribution in [0.1, 0.15) is 37.1 Å². The van der Waals surface area contributed by atoms with Gasteiger partial charge in [-0.1, -0.05) is 75.1 Å². The molecule has 1 saturated carbocycles. The van der Waals surface area contributed by atoms with Gasteiger partial charge in [0, 0.05) is 28.3 Å². The highest BCUT2D eigenvalue weighted by atomic mass is 32.1. The van der Waals surface area contributed by atoms with Gasteiger partial charge in [0.1, 0.15) is 22.4 Å². The molecule has 6 heteroatoms. The van der Waals surface area contributed by atoms with E-state index >= 15 is 0 Å². The van der Waals surface area contributed by atoms with Crippen LogP contribution in [0.2, 0.25) is 0 Å². The Hall–Kier alpha value is -3.64. The van der Waals surface area contributed by atoms with Gasteiger partial charge in [0.2, 0.25) is 5.88 Å². The summed E-state index contributed by atoms with van der Waals surface area (Å²) in [7, 11) is 0. The number of benzene rings is 2. The maximum Gasteiger partial charge on any atom is 0.205 e. The number of aromatic nitrogens is 2. The lowest BCUT2D eigenvalue weighted by Gasteiger charge is -2.32. The van der Waals surface area contributed by atoms with Gasteiger partial charge in [0.15, 0.2) is 0 Å². The number of imidazole rings is 1. The average molecular weight is 461 g/mol. The molecule has 2 atom stereocenters. The first-order chi connectivity index (χ1) is 16.4. The SMILES string of the molecule is C=C1C2=NC34CC3(N=C2c2ccccc21)C(C(C)C)=c1c(nc2c3ccccc3c(O)n12)C4=S. The quantitative estimate of drug-likeness (QED) is 0.431. The number of aromatic hydroxyl groups is 1. The van der Waals surface area contributed by atoms with E-state index in [1.165, 1.54) is 0 Å². The van der Waals surface area contributed by atoms with E-state index in [-0.39, 0.29) is 11.8 Å². The largest absolute Gasteiger partial charge is 0.494 e. The zero-order valence-electron chi connectivity index (χ0n) is 18.8. The van der Waals surface area contributed by atoms with Crippen LogP contribution < -0.4 is 5.35 Å². The van der Waals surface area contributed by atoms with E-state index in [2.05, 4.69) is 32.6 Å². The predicted molar refractivity (Wildman–Crippen MR) is 139 cm³/mol. The van der Waals surface area contributed by atoms with E-state index in [0.717, 1.165) is 72.4 Å². The third kappa shape index (κ3) is 1.78. The second-order valence-corrected chi connectivity index (χ2v) is 10.5. The van der Waals surface area contributed by atoms with Gasteiger partial charge in [-0.15, -0.1) is 0 Å². The van der Waals surface area contributed by atoms with Gasteiger partial charge in [0.25, 0.3) is 0 Å². The average Bonchev–Trinajstić information content (AvgIpc) is 3.10. The van der Waals surface area contributed by atoms with Crippen molar-refractivity contribution in [3.05, 3.63) is 77.3 Å². The molecule has 2 unspecified atom stereocenters. The van der Waals surface area contributed by atoms with E-state index in [4.69, 9.17) is 27.2 Å². The summed E-state index contributed by atoms with van der Waals surface area (Å²) in [6.07, 6.45) is 0.730. The fraction of sp³-hybridized carbons (Fsp3) is 0.214. The molecule has 1 N–H and O–H groups in total. The van der Waals surface area contributed by atoms with Crippen molar-refractivity contribution < 1.29 is 5.11 Å². The fourth-order valence-corrected chi connectivity index (χ4v) is 7.03. The van der Waals surface area contributed by atoms with Gasteiger partial charge in [-0.2, -0.15) is 0 Å². The Morgan fingerprint density at radius 3 is 2.41 bits per heavy atom. The molecule has 1 aliphatic heterocycles. The number of aliphatic imine (C=N–C) groups is 2. The van der Waals surface area contributed by atoms with Crippen LogP contribution in [0.5, 0.6) is 5.88 Å². The molecular weight excluding hydrogens is 440 g/mol. The van der Waals surface area contributed by atoms with Crippen molar-refractivity contribution in [2.75, 3.05) is 0 Å². The third-order valence-corrected chi connectivity index (χ3v) is 8.59. The maximum atomic E-state index is 11.3. The molecule has 2 aromatic heterocycles. The summed E-state index contributed by atoms with van der Waals surface area (Å²) in [6, 6.07) is 16.1. The number of hydrogen-bond acceptors (Lipinski definition) is 5.